The Kier molecular flexibility index (Phi) is 8.35. The van der Waals surface area contributed by atoms with Crippen LogP contribution in [0.4, 0.5) is 0 Å². The molecule has 0 aromatic heterocycles. The lowest BCUT2D eigenvalue weighted by Gasteiger charge is -2.24. The van der Waals surface area contributed by atoms with Crippen LogP contribution in [0.25, 0.3) is 16.8 Å². The lowest BCUT2D eigenvalue weighted by Crippen LogP contribution is -2.33. The molecular formula is C26H34N2O2. The van der Waals surface area contributed by atoms with Crippen LogP contribution in [0.3, 0.4) is 0 Å². The van der Waals surface area contributed by atoms with Crippen LogP contribution >= 0.6 is 0 Å². The number of fused-ring (bicyclic) bond motifs is 1. The maximum Gasteiger partial charge on any atom is 0.144 e. The average molecular weight is 407 g/mol. The fourth-order valence-corrected chi connectivity index (χ4v) is 3.69. The van der Waals surface area contributed by atoms with Crippen molar-refractivity contribution in [3.8, 4) is 0 Å². The zero-order valence-electron chi connectivity index (χ0n) is 18.3. The number of nitrogens with zero attached hydrogens (tertiary/aromatic N) is 2. The minimum atomic E-state index is -1.11. The summed E-state index contributed by atoms with van der Waals surface area (Å²) in [5.74, 6) is 0. The highest BCUT2D eigenvalue weighted by atomic mass is 16.5. The Morgan fingerprint density at radius 3 is 2.77 bits per heavy atom. The van der Waals surface area contributed by atoms with E-state index in [2.05, 4.69) is 60.2 Å². The van der Waals surface area contributed by atoms with Crippen LogP contribution in [0.5, 0.6) is 0 Å². The van der Waals surface area contributed by atoms with Gasteiger partial charge in [-0.3, -0.25) is 4.99 Å². The van der Waals surface area contributed by atoms with Gasteiger partial charge < -0.3 is 9.84 Å². The molecule has 1 N–H and O–H groups in total. The predicted molar refractivity (Wildman–Crippen MR) is 128 cm³/mol. The van der Waals surface area contributed by atoms with Gasteiger partial charge in [-0.05, 0) is 66.6 Å². The zero-order valence-corrected chi connectivity index (χ0v) is 18.3. The summed E-state index contributed by atoms with van der Waals surface area (Å²) < 4.78 is 5.86. The molecule has 1 aliphatic heterocycles. The van der Waals surface area contributed by atoms with Gasteiger partial charge in [0.1, 0.15) is 11.9 Å². The first-order valence-electron chi connectivity index (χ1n) is 11.2. The number of allylic oxidation sites excluding steroid dienone is 1. The average Bonchev–Trinajstić information content (AvgIpc) is 2.76. The number of hydrogen-bond donors (Lipinski definition) is 1. The van der Waals surface area contributed by atoms with Gasteiger partial charge in [0.15, 0.2) is 0 Å². The Balaban J connectivity index is 1.50. The smallest absolute Gasteiger partial charge is 0.144 e. The lowest BCUT2D eigenvalue weighted by atomic mass is 9.92. The van der Waals surface area contributed by atoms with Gasteiger partial charge in [0.2, 0.25) is 0 Å². The summed E-state index contributed by atoms with van der Waals surface area (Å²) >= 11 is 0. The van der Waals surface area contributed by atoms with Gasteiger partial charge in [0.25, 0.3) is 0 Å². The SMILES string of the molecule is CCCCCOC(C)CCCC=Cc1ccc2cc(C3(O)C=NC=NC3)ccc2c1. The molecule has 0 spiro atoms. The minimum Gasteiger partial charge on any atom is -0.379 e. The van der Waals surface area contributed by atoms with Gasteiger partial charge in [-0.25, -0.2) is 4.99 Å². The van der Waals surface area contributed by atoms with Crippen molar-refractivity contribution >= 4 is 29.4 Å². The summed E-state index contributed by atoms with van der Waals surface area (Å²) in [6.45, 7) is 5.59. The Labute approximate surface area is 180 Å². The second-order valence-electron chi connectivity index (χ2n) is 8.20. The Morgan fingerprint density at radius 2 is 1.97 bits per heavy atom. The zero-order chi connectivity index (χ0) is 21.2. The third-order valence-corrected chi connectivity index (χ3v) is 5.57. The van der Waals surface area contributed by atoms with Crippen molar-refractivity contribution in [2.75, 3.05) is 13.2 Å². The van der Waals surface area contributed by atoms with E-state index in [0.29, 0.717) is 12.6 Å². The monoisotopic (exact) mass is 406 g/mol. The molecule has 1 aliphatic rings. The van der Waals surface area contributed by atoms with Crippen LogP contribution in [0.2, 0.25) is 0 Å². The molecule has 160 valence electrons. The third kappa shape index (κ3) is 6.35. The molecule has 0 saturated carbocycles. The van der Waals surface area contributed by atoms with Crippen molar-refractivity contribution in [2.24, 2.45) is 9.98 Å². The van der Waals surface area contributed by atoms with E-state index in [0.717, 1.165) is 42.2 Å². The molecule has 4 nitrogen and oxygen atoms in total. The summed E-state index contributed by atoms with van der Waals surface area (Å²) in [5, 5.41) is 13.0. The van der Waals surface area contributed by atoms with Crippen LogP contribution in [-0.2, 0) is 10.3 Å². The summed E-state index contributed by atoms with van der Waals surface area (Å²) in [6, 6.07) is 12.5. The molecule has 2 atom stereocenters. The van der Waals surface area contributed by atoms with Crippen molar-refractivity contribution in [2.45, 2.75) is 64.1 Å². The molecule has 0 bridgehead atoms. The van der Waals surface area contributed by atoms with Gasteiger partial charge in [-0.15, -0.1) is 0 Å². The standard InChI is InChI=1S/C26H34N2O2/c1-3-4-8-15-30-21(2)9-6-5-7-10-22-11-12-24-17-25(14-13-23(24)16-22)26(29)18-27-20-28-19-26/h7,10-14,16-18,20-21,29H,3-6,8-9,15,19H2,1-2H3. The number of benzene rings is 2. The number of aliphatic imine (C=N–C) groups is 2. The molecule has 2 unspecified atom stereocenters. The van der Waals surface area contributed by atoms with E-state index in [9.17, 15) is 5.11 Å². The van der Waals surface area contributed by atoms with Gasteiger partial charge in [0, 0.05) is 12.8 Å². The van der Waals surface area contributed by atoms with Gasteiger partial charge in [-0.2, -0.15) is 0 Å². The first-order chi connectivity index (χ1) is 14.6. The summed E-state index contributed by atoms with van der Waals surface area (Å²) in [7, 11) is 0. The molecule has 0 amide bonds. The fraction of sp³-hybridized carbons (Fsp3) is 0.462. The fourth-order valence-electron chi connectivity index (χ4n) is 3.69. The van der Waals surface area contributed by atoms with Crippen molar-refractivity contribution in [3.05, 3.63) is 53.6 Å². The second kappa shape index (κ2) is 11.2. The van der Waals surface area contributed by atoms with Crippen molar-refractivity contribution in [1.82, 2.24) is 0 Å². The molecular weight excluding hydrogens is 372 g/mol. The number of hydrogen-bond acceptors (Lipinski definition) is 4. The Bertz CT molecular complexity index is 903. The molecule has 4 heteroatoms. The van der Waals surface area contributed by atoms with Crippen LogP contribution < -0.4 is 0 Å². The number of ether oxygens (including phenoxy) is 1. The van der Waals surface area contributed by atoms with Gasteiger partial charge >= 0.3 is 0 Å². The highest BCUT2D eigenvalue weighted by molar-refractivity contribution is 5.88. The van der Waals surface area contributed by atoms with Crippen LogP contribution in [-0.4, -0.2) is 36.9 Å². The molecule has 0 aliphatic carbocycles. The topological polar surface area (TPSA) is 54.2 Å². The van der Waals surface area contributed by atoms with Crippen molar-refractivity contribution in [1.29, 1.82) is 0 Å². The second-order valence-corrected chi connectivity index (χ2v) is 8.20. The summed E-state index contributed by atoms with van der Waals surface area (Å²) in [6.07, 6.45) is 14.8. The van der Waals surface area contributed by atoms with Crippen molar-refractivity contribution in [3.63, 3.8) is 0 Å². The number of aliphatic hydroxyl groups is 1. The summed E-state index contributed by atoms with van der Waals surface area (Å²) in [4.78, 5) is 8.09. The minimum absolute atomic E-state index is 0.311. The maximum absolute atomic E-state index is 10.8. The van der Waals surface area contributed by atoms with E-state index in [-0.39, 0.29) is 0 Å². The predicted octanol–water partition coefficient (Wildman–Crippen LogP) is 5.92. The lowest BCUT2D eigenvalue weighted by molar-refractivity contribution is 0.0566. The first-order valence-corrected chi connectivity index (χ1v) is 11.2. The van der Waals surface area contributed by atoms with E-state index in [4.69, 9.17) is 4.74 Å². The molecule has 1 heterocycles. The largest absolute Gasteiger partial charge is 0.379 e. The number of rotatable bonds is 11. The third-order valence-electron chi connectivity index (χ3n) is 5.57. The molecule has 2 aromatic carbocycles. The van der Waals surface area contributed by atoms with E-state index in [1.807, 2.05) is 12.1 Å². The van der Waals surface area contributed by atoms with E-state index in [1.165, 1.54) is 31.2 Å². The van der Waals surface area contributed by atoms with Gasteiger partial charge in [0.05, 0.1) is 12.6 Å². The number of unbranched alkanes of at least 4 members (excludes halogenated alkanes) is 3. The highest BCUT2D eigenvalue weighted by Gasteiger charge is 2.28. The molecule has 0 radical (unpaired) electrons. The van der Waals surface area contributed by atoms with Crippen LogP contribution in [0, 0.1) is 0 Å². The molecule has 3 rings (SSSR count). The molecule has 0 fully saturated rings. The van der Waals surface area contributed by atoms with E-state index < -0.39 is 5.60 Å². The molecule has 0 saturated heterocycles. The quantitative estimate of drug-likeness (QED) is 0.471. The summed E-state index contributed by atoms with van der Waals surface area (Å²) in [5.41, 5.74) is 0.907. The maximum atomic E-state index is 10.8. The van der Waals surface area contributed by atoms with Crippen molar-refractivity contribution < 1.29 is 9.84 Å². The molecule has 30 heavy (non-hydrogen) atoms. The normalized spacial score (nSPS) is 19.7. The van der Waals surface area contributed by atoms with Crippen LogP contribution in [0.15, 0.2) is 52.5 Å². The Hall–Kier alpha value is -2.30. The molecule has 2 aromatic rings. The highest BCUT2D eigenvalue weighted by Crippen LogP contribution is 2.26. The van der Waals surface area contributed by atoms with Gasteiger partial charge in [-0.1, -0.05) is 56.2 Å². The van der Waals surface area contributed by atoms with E-state index in [1.54, 1.807) is 6.21 Å². The Morgan fingerprint density at radius 1 is 1.13 bits per heavy atom. The van der Waals surface area contributed by atoms with E-state index >= 15 is 0 Å². The van der Waals surface area contributed by atoms with Crippen LogP contribution in [0.1, 0.15) is 63.5 Å². The first kappa shape index (κ1) is 22.4.